The van der Waals surface area contributed by atoms with Crippen molar-refractivity contribution in [2.45, 2.75) is 6.61 Å². The van der Waals surface area contributed by atoms with Crippen molar-refractivity contribution in [2.75, 3.05) is 5.32 Å². The number of nitro groups is 1. The monoisotopic (exact) mass is 414 g/mol. The lowest BCUT2D eigenvalue weighted by Crippen LogP contribution is -2.04. The molecule has 0 aliphatic heterocycles. The molecule has 0 atom stereocenters. The molecule has 3 aromatic rings. The first-order valence-corrected chi connectivity index (χ1v) is 8.97. The summed E-state index contributed by atoms with van der Waals surface area (Å²) < 4.78 is 29.4. The van der Waals surface area contributed by atoms with Gasteiger partial charge >= 0.3 is 6.61 Å². The van der Waals surface area contributed by atoms with Gasteiger partial charge in [-0.25, -0.2) is 4.98 Å². The highest BCUT2D eigenvalue weighted by Gasteiger charge is 2.13. The molecule has 0 spiro atoms. The van der Waals surface area contributed by atoms with E-state index in [2.05, 4.69) is 15.0 Å². The minimum atomic E-state index is -2.98. The number of alkyl halides is 2. The Bertz CT molecular complexity index is 1110. The number of thiazole rings is 1. The number of non-ortho nitro benzene ring substituents is 1. The molecule has 1 heterocycles. The van der Waals surface area contributed by atoms with Gasteiger partial charge in [0.05, 0.1) is 16.3 Å². The first-order chi connectivity index (χ1) is 14.0. The summed E-state index contributed by atoms with van der Waals surface area (Å²) in [6.45, 7) is -2.98. The van der Waals surface area contributed by atoms with E-state index in [1.54, 1.807) is 29.6 Å². The summed E-state index contributed by atoms with van der Waals surface area (Å²) in [6.07, 6.45) is 1.34. The number of hydrogen-bond acceptors (Lipinski definition) is 7. The average Bonchev–Trinajstić information content (AvgIpc) is 3.19. The second kappa shape index (κ2) is 8.90. The quantitative estimate of drug-likeness (QED) is 0.320. The highest BCUT2D eigenvalue weighted by molar-refractivity contribution is 7.11. The normalized spacial score (nSPS) is 11.2. The van der Waals surface area contributed by atoms with E-state index in [1.807, 2.05) is 6.07 Å². The van der Waals surface area contributed by atoms with Crippen LogP contribution in [0.5, 0.6) is 5.75 Å². The van der Waals surface area contributed by atoms with Crippen LogP contribution in [-0.2, 0) is 0 Å². The van der Waals surface area contributed by atoms with Crippen molar-refractivity contribution in [3.63, 3.8) is 0 Å². The Kier molecular flexibility index (Phi) is 6.11. The number of benzene rings is 2. The zero-order valence-corrected chi connectivity index (χ0v) is 15.4. The molecular formula is C19H12F2N4O3S. The molecule has 0 radical (unpaired) electrons. The fourth-order valence-electron chi connectivity index (χ4n) is 2.39. The van der Waals surface area contributed by atoms with Crippen molar-refractivity contribution < 1.29 is 18.4 Å². The number of para-hydroxylation sites is 2. The fraction of sp³-hybridized carbons (Fsp3) is 0.0526. The van der Waals surface area contributed by atoms with E-state index in [0.717, 1.165) is 0 Å². The molecule has 0 unspecified atom stereocenters. The van der Waals surface area contributed by atoms with Gasteiger partial charge in [0.15, 0.2) is 0 Å². The van der Waals surface area contributed by atoms with E-state index in [1.165, 1.54) is 41.8 Å². The molecule has 0 saturated carbocycles. The Morgan fingerprint density at radius 3 is 2.83 bits per heavy atom. The Morgan fingerprint density at radius 1 is 1.31 bits per heavy atom. The number of nitro benzene ring substituents is 1. The second-order valence-electron chi connectivity index (χ2n) is 5.53. The number of rotatable bonds is 7. The molecule has 1 aromatic heterocycles. The van der Waals surface area contributed by atoms with Crippen LogP contribution in [0.4, 0.5) is 20.2 Å². The van der Waals surface area contributed by atoms with Crippen LogP contribution < -0.4 is 10.1 Å². The van der Waals surface area contributed by atoms with E-state index in [-0.39, 0.29) is 22.7 Å². The Labute approximate surface area is 167 Å². The smallest absolute Gasteiger partial charge is 0.387 e. The third-order valence-corrected chi connectivity index (χ3v) is 4.56. The zero-order valence-electron chi connectivity index (χ0n) is 14.6. The SMILES string of the molecule is N#C/C(=C\Nc1ccccc1OC(F)F)c1nc(-c2cccc([N+](=O)[O-])c2)cs1. The zero-order chi connectivity index (χ0) is 20.8. The van der Waals surface area contributed by atoms with Gasteiger partial charge in [0, 0.05) is 29.3 Å². The Balaban J connectivity index is 1.84. The van der Waals surface area contributed by atoms with Crippen LogP contribution in [0.2, 0.25) is 0 Å². The molecule has 0 aliphatic rings. The third-order valence-electron chi connectivity index (χ3n) is 3.68. The van der Waals surface area contributed by atoms with Crippen LogP contribution in [0.25, 0.3) is 16.8 Å². The molecule has 0 amide bonds. The van der Waals surface area contributed by atoms with Crippen LogP contribution in [0, 0.1) is 21.4 Å². The molecule has 0 saturated heterocycles. The van der Waals surface area contributed by atoms with E-state index in [4.69, 9.17) is 0 Å². The molecule has 3 rings (SSSR count). The third kappa shape index (κ3) is 4.91. The van der Waals surface area contributed by atoms with Gasteiger partial charge in [0.25, 0.3) is 5.69 Å². The molecule has 0 fully saturated rings. The Hall–Kier alpha value is -3.84. The summed E-state index contributed by atoms with van der Waals surface area (Å²) in [4.78, 5) is 14.8. The topological polar surface area (TPSA) is 101 Å². The van der Waals surface area contributed by atoms with Crippen molar-refractivity contribution >= 4 is 28.3 Å². The average molecular weight is 414 g/mol. The molecule has 7 nitrogen and oxygen atoms in total. The van der Waals surface area contributed by atoms with Gasteiger partial charge in [-0.05, 0) is 12.1 Å². The minimum Gasteiger partial charge on any atom is -0.433 e. The summed E-state index contributed by atoms with van der Waals surface area (Å²) in [6, 6.07) is 14.1. The second-order valence-corrected chi connectivity index (χ2v) is 6.39. The maximum Gasteiger partial charge on any atom is 0.387 e. The van der Waals surface area contributed by atoms with Crippen LogP contribution in [0.1, 0.15) is 5.01 Å². The molecule has 146 valence electrons. The molecule has 1 N–H and O–H groups in total. The summed E-state index contributed by atoms with van der Waals surface area (Å²) >= 11 is 1.18. The number of nitrogens with zero attached hydrogens (tertiary/aromatic N) is 3. The number of ether oxygens (including phenoxy) is 1. The van der Waals surface area contributed by atoms with Crippen molar-refractivity contribution in [3.8, 4) is 23.1 Å². The molecule has 10 heteroatoms. The maximum absolute atomic E-state index is 12.5. The standard InChI is InChI=1S/C19H12F2N4O3S/c20-19(21)28-17-7-2-1-6-15(17)23-10-13(9-22)18-24-16(11-29-18)12-4-3-5-14(8-12)25(26)27/h1-8,10-11,19,23H/b13-10+. The number of halogens is 2. The predicted octanol–water partition coefficient (Wildman–Crippen LogP) is 5.30. The summed E-state index contributed by atoms with van der Waals surface area (Å²) in [5.74, 6) is -0.0625. The molecule has 2 aromatic carbocycles. The molecular weight excluding hydrogens is 402 g/mol. The molecule has 0 aliphatic carbocycles. The van der Waals surface area contributed by atoms with Gasteiger partial charge < -0.3 is 10.1 Å². The van der Waals surface area contributed by atoms with E-state index >= 15 is 0 Å². The highest BCUT2D eigenvalue weighted by Crippen LogP contribution is 2.29. The first-order valence-electron chi connectivity index (χ1n) is 8.09. The van der Waals surface area contributed by atoms with E-state index in [0.29, 0.717) is 16.3 Å². The van der Waals surface area contributed by atoms with Crippen LogP contribution in [-0.4, -0.2) is 16.5 Å². The van der Waals surface area contributed by atoms with E-state index in [9.17, 15) is 24.2 Å². The van der Waals surface area contributed by atoms with Crippen molar-refractivity contribution in [1.29, 1.82) is 5.26 Å². The predicted molar refractivity (Wildman–Crippen MR) is 104 cm³/mol. The van der Waals surface area contributed by atoms with Gasteiger partial charge in [-0.1, -0.05) is 24.3 Å². The first kappa shape index (κ1) is 19.9. The van der Waals surface area contributed by atoms with Gasteiger partial charge in [-0.15, -0.1) is 11.3 Å². The number of aromatic nitrogens is 1. The lowest BCUT2D eigenvalue weighted by molar-refractivity contribution is -0.384. The minimum absolute atomic E-state index is 0.0625. The fourth-order valence-corrected chi connectivity index (χ4v) is 3.18. The van der Waals surface area contributed by atoms with Crippen LogP contribution in [0.15, 0.2) is 60.1 Å². The van der Waals surface area contributed by atoms with Crippen molar-refractivity contribution in [2.24, 2.45) is 0 Å². The van der Waals surface area contributed by atoms with Gasteiger partial charge in [-0.2, -0.15) is 14.0 Å². The van der Waals surface area contributed by atoms with Crippen LogP contribution in [0.3, 0.4) is 0 Å². The number of anilines is 1. The maximum atomic E-state index is 12.5. The van der Waals surface area contributed by atoms with Crippen LogP contribution >= 0.6 is 11.3 Å². The number of allylic oxidation sites excluding steroid dienone is 1. The Morgan fingerprint density at radius 2 is 2.10 bits per heavy atom. The summed E-state index contributed by atoms with van der Waals surface area (Å²) in [5.41, 5.74) is 1.39. The van der Waals surface area contributed by atoms with Gasteiger partial charge in [-0.3, -0.25) is 10.1 Å². The lowest BCUT2D eigenvalue weighted by Gasteiger charge is -2.10. The molecule has 0 bridgehead atoms. The summed E-state index contributed by atoms with van der Waals surface area (Å²) in [7, 11) is 0. The number of hydrogen-bond donors (Lipinski definition) is 1. The number of nitrogens with one attached hydrogen (secondary N) is 1. The largest absolute Gasteiger partial charge is 0.433 e. The van der Waals surface area contributed by atoms with E-state index < -0.39 is 11.5 Å². The lowest BCUT2D eigenvalue weighted by atomic mass is 10.1. The van der Waals surface area contributed by atoms with Gasteiger partial charge in [0.1, 0.15) is 22.4 Å². The highest BCUT2D eigenvalue weighted by atomic mass is 32.1. The number of nitriles is 1. The summed E-state index contributed by atoms with van der Waals surface area (Å²) in [5, 5.41) is 25.2. The van der Waals surface area contributed by atoms with Gasteiger partial charge in [0.2, 0.25) is 0 Å². The molecule has 29 heavy (non-hydrogen) atoms. The van der Waals surface area contributed by atoms with Crippen molar-refractivity contribution in [3.05, 3.63) is 75.2 Å². The van der Waals surface area contributed by atoms with Crippen molar-refractivity contribution in [1.82, 2.24) is 4.98 Å².